The third-order valence-electron chi connectivity index (χ3n) is 3.03. The molecule has 8 heteroatoms. The average molecular weight is 312 g/mol. The minimum atomic E-state index is -4.22. The monoisotopic (exact) mass is 312 g/mol. The van der Waals surface area contributed by atoms with E-state index in [0.29, 0.717) is 12.8 Å². The summed E-state index contributed by atoms with van der Waals surface area (Å²) in [4.78, 5) is 10.9. The van der Waals surface area contributed by atoms with E-state index in [1.807, 2.05) is 6.07 Å². The molecule has 0 bridgehead atoms. The van der Waals surface area contributed by atoms with Crippen molar-refractivity contribution in [2.24, 2.45) is 0 Å². The first kappa shape index (κ1) is 15.4. The summed E-state index contributed by atoms with van der Waals surface area (Å²) in [6.45, 7) is 1.72. The number of hydrogen-bond acceptors (Lipinski definition) is 5. The van der Waals surface area contributed by atoms with E-state index in [1.54, 1.807) is 6.92 Å². The van der Waals surface area contributed by atoms with Crippen LogP contribution in [0.25, 0.3) is 0 Å². The van der Waals surface area contributed by atoms with E-state index in [0.717, 1.165) is 18.2 Å². The third-order valence-corrected chi connectivity index (χ3v) is 4.58. The van der Waals surface area contributed by atoms with Crippen LogP contribution in [-0.4, -0.2) is 26.5 Å². The molecular formula is C13H13FN2O4S. The number of carbonyl (C=O) groups excluding carboxylic acids is 1. The fourth-order valence-corrected chi connectivity index (χ4v) is 3.21. The average Bonchev–Trinajstić information content (AvgIpc) is 3.18. The van der Waals surface area contributed by atoms with Crippen LogP contribution in [0.2, 0.25) is 0 Å². The van der Waals surface area contributed by atoms with E-state index in [9.17, 15) is 17.6 Å². The Balaban J connectivity index is 2.36. The molecule has 1 saturated carbocycles. The smallest absolute Gasteiger partial charge is 0.338 e. The largest absolute Gasteiger partial charge is 0.462 e. The number of carbonyl (C=O) groups is 1. The number of nitriles is 1. The number of esters is 1. The molecule has 21 heavy (non-hydrogen) atoms. The quantitative estimate of drug-likeness (QED) is 0.828. The van der Waals surface area contributed by atoms with E-state index >= 15 is 0 Å². The normalized spacial score (nSPS) is 16.0. The minimum absolute atomic E-state index is 0.0690. The summed E-state index contributed by atoms with van der Waals surface area (Å²) >= 11 is 0. The molecule has 1 aromatic carbocycles. The molecule has 0 radical (unpaired) electrons. The molecule has 1 aliphatic rings. The van der Waals surface area contributed by atoms with Crippen LogP contribution in [0.15, 0.2) is 23.1 Å². The van der Waals surface area contributed by atoms with Gasteiger partial charge in [-0.05, 0) is 38.0 Å². The SMILES string of the molecule is CCOC(=O)c1ccc(F)c(S(=O)(=O)NC2(C#N)CC2)c1. The van der Waals surface area contributed by atoms with Crippen molar-refractivity contribution in [3.8, 4) is 6.07 Å². The molecule has 0 aliphatic heterocycles. The third kappa shape index (κ3) is 3.20. The molecule has 1 aliphatic carbocycles. The van der Waals surface area contributed by atoms with Crippen LogP contribution < -0.4 is 4.72 Å². The van der Waals surface area contributed by atoms with Gasteiger partial charge in [-0.25, -0.2) is 17.6 Å². The van der Waals surface area contributed by atoms with Crippen LogP contribution in [0.3, 0.4) is 0 Å². The molecule has 0 atom stereocenters. The number of ether oxygens (including phenoxy) is 1. The molecular weight excluding hydrogens is 299 g/mol. The highest BCUT2D eigenvalue weighted by molar-refractivity contribution is 7.89. The van der Waals surface area contributed by atoms with Crippen LogP contribution in [0.4, 0.5) is 4.39 Å². The van der Waals surface area contributed by atoms with Gasteiger partial charge in [0.2, 0.25) is 10.0 Å². The van der Waals surface area contributed by atoms with Crippen molar-refractivity contribution in [3.05, 3.63) is 29.6 Å². The summed E-state index contributed by atoms with van der Waals surface area (Å²) in [5.74, 6) is -1.74. The van der Waals surface area contributed by atoms with Crippen molar-refractivity contribution in [2.75, 3.05) is 6.61 Å². The molecule has 0 unspecified atom stereocenters. The van der Waals surface area contributed by atoms with Gasteiger partial charge >= 0.3 is 5.97 Å². The van der Waals surface area contributed by atoms with E-state index < -0.39 is 32.2 Å². The molecule has 1 N–H and O–H groups in total. The van der Waals surface area contributed by atoms with Crippen molar-refractivity contribution in [3.63, 3.8) is 0 Å². The highest BCUT2D eigenvalue weighted by Crippen LogP contribution is 2.36. The number of benzene rings is 1. The second-order valence-corrected chi connectivity index (χ2v) is 6.32. The van der Waals surface area contributed by atoms with Crippen LogP contribution in [-0.2, 0) is 14.8 Å². The van der Waals surface area contributed by atoms with Crippen LogP contribution in [0.1, 0.15) is 30.1 Å². The van der Waals surface area contributed by atoms with Crippen molar-refractivity contribution in [1.29, 1.82) is 5.26 Å². The maximum Gasteiger partial charge on any atom is 0.338 e. The second kappa shape index (κ2) is 5.42. The van der Waals surface area contributed by atoms with Crippen LogP contribution >= 0.6 is 0 Å². The molecule has 0 saturated heterocycles. The van der Waals surface area contributed by atoms with E-state index in [2.05, 4.69) is 4.72 Å². The topological polar surface area (TPSA) is 96.3 Å². The Morgan fingerprint density at radius 3 is 2.71 bits per heavy atom. The van der Waals surface area contributed by atoms with Gasteiger partial charge in [0.05, 0.1) is 18.2 Å². The summed E-state index contributed by atoms with van der Waals surface area (Å²) < 4.78 is 45.0. The minimum Gasteiger partial charge on any atom is -0.462 e. The molecule has 0 aromatic heterocycles. The molecule has 1 fully saturated rings. The Morgan fingerprint density at radius 1 is 1.52 bits per heavy atom. The highest BCUT2D eigenvalue weighted by atomic mass is 32.2. The standard InChI is InChI=1S/C13H13FN2O4S/c1-2-20-12(17)9-3-4-10(14)11(7-9)21(18,19)16-13(8-15)5-6-13/h3-4,7,16H,2,5-6H2,1H3. The fourth-order valence-electron chi connectivity index (χ4n) is 1.72. The summed E-state index contributed by atoms with van der Waals surface area (Å²) in [5, 5.41) is 8.90. The zero-order chi connectivity index (χ0) is 15.7. The Labute approximate surface area is 121 Å². The summed E-state index contributed by atoms with van der Waals surface area (Å²) in [6, 6.07) is 4.78. The highest BCUT2D eigenvalue weighted by Gasteiger charge is 2.47. The van der Waals surface area contributed by atoms with Crippen LogP contribution in [0.5, 0.6) is 0 Å². The maximum absolute atomic E-state index is 13.8. The molecule has 1 aromatic rings. The predicted octanol–water partition coefficient (Wildman–Crippen LogP) is 1.34. The van der Waals surface area contributed by atoms with Gasteiger partial charge in [-0.15, -0.1) is 0 Å². The number of nitrogens with one attached hydrogen (secondary N) is 1. The van der Waals surface area contributed by atoms with Gasteiger partial charge in [0.1, 0.15) is 16.3 Å². The van der Waals surface area contributed by atoms with E-state index in [4.69, 9.17) is 10.00 Å². The summed E-state index contributed by atoms with van der Waals surface area (Å²) in [7, 11) is -4.22. The molecule has 0 spiro atoms. The van der Waals surface area contributed by atoms with Gasteiger partial charge in [-0.1, -0.05) is 0 Å². The lowest BCUT2D eigenvalue weighted by molar-refractivity contribution is 0.0526. The first-order valence-corrected chi connectivity index (χ1v) is 7.74. The van der Waals surface area contributed by atoms with Gasteiger partial charge < -0.3 is 4.74 Å². The Bertz CT molecular complexity index is 720. The van der Waals surface area contributed by atoms with Crippen molar-refractivity contribution < 1.29 is 22.3 Å². The fraction of sp³-hybridized carbons (Fsp3) is 0.385. The first-order valence-electron chi connectivity index (χ1n) is 6.25. The maximum atomic E-state index is 13.8. The Morgan fingerprint density at radius 2 is 2.19 bits per heavy atom. The van der Waals surface area contributed by atoms with Gasteiger partial charge in [-0.2, -0.15) is 9.98 Å². The predicted molar refractivity (Wildman–Crippen MR) is 70.3 cm³/mol. The van der Waals surface area contributed by atoms with Crippen molar-refractivity contribution in [2.45, 2.75) is 30.2 Å². The molecule has 0 amide bonds. The van der Waals surface area contributed by atoms with Crippen molar-refractivity contribution in [1.82, 2.24) is 4.72 Å². The number of halogens is 1. The van der Waals surface area contributed by atoms with Gasteiger partial charge in [-0.3, -0.25) is 0 Å². The van der Waals surface area contributed by atoms with Crippen molar-refractivity contribution >= 4 is 16.0 Å². The molecule has 6 nitrogen and oxygen atoms in total. The molecule has 0 heterocycles. The zero-order valence-corrected chi connectivity index (χ0v) is 12.0. The summed E-state index contributed by atoms with van der Waals surface area (Å²) in [6.07, 6.45) is 0.754. The van der Waals surface area contributed by atoms with Gasteiger partial charge in [0, 0.05) is 0 Å². The van der Waals surface area contributed by atoms with E-state index in [1.165, 1.54) is 0 Å². The number of sulfonamides is 1. The lowest BCUT2D eigenvalue weighted by Crippen LogP contribution is -2.36. The zero-order valence-electron chi connectivity index (χ0n) is 11.2. The lowest BCUT2D eigenvalue weighted by atomic mass is 10.2. The number of rotatable bonds is 5. The van der Waals surface area contributed by atoms with Gasteiger partial charge in [0.25, 0.3) is 0 Å². The lowest BCUT2D eigenvalue weighted by Gasteiger charge is -2.11. The summed E-state index contributed by atoms with van der Waals surface area (Å²) in [5.41, 5.74) is -1.23. The molecule has 2 rings (SSSR count). The van der Waals surface area contributed by atoms with E-state index in [-0.39, 0.29) is 12.2 Å². The Hall–Kier alpha value is -1.98. The van der Waals surface area contributed by atoms with Crippen LogP contribution in [0, 0.1) is 17.1 Å². The molecule has 112 valence electrons. The number of nitrogens with zero attached hydrogens (tertiary/aromatic N) is 1. The number of hydrogen-bond donors (Lipinski definition) is 1. The second-order valence-electron chi connectivity index (χ2n) is 4.67. The van der Waals surface area contributed by atoms with Gasteiger partial charge in [0.15, 0.2) is 0 Å². The Kier molecular flexibility index (Phi) is 3.98. The first-order chi connectivity index (χ1) is 9.83.